The summed E-state index contributed by atoms with van der Waals surface area (Å²) in [5.74, 6) is 0. The zero-order valence-corrected chi connectivity index (χ0v) is 9.99. The summed E-state index contributed by atoms with van der Waals surface area (Å²) < 4.78 is 0.0992. The highest BCUT2D eigenvalue weighted by Crippen LogP contribution is 2.31. The van der Waals surface area contributed by atoms with E-state index in [4.69, 9.17) is 5.73 Å². The zero-order valence-electron chi connectivity index (χ0n) is 9.18. The van der Waals surface area contributed by atoms with E-state index in [-0.39, 0.29) is 4.75 Å². The fourth-order valence-electron chi connectivity index (χ4n) is 1.34. The average molecular weight is 215 g/mol. The summed E-state index contributed by atoms with van der Waals surface area (Å²) in [5.41, 5.74) is 5.69. The number of nitrogens with zero attached hydrogens (tertiary/aromatic N) is 1. The highest BCUT2D eigenvalue weighted by atomic mass is 32.2. The van der Waals surface area contributed by atoms with E-state index in [1.54, 1.807) is 11.8 Å². The number of nitrogens with one attached hydrogen (secondary N) is 1. The van der Waals surface area contributed by atoms with Crippen molar-refractivity contribution >= 4 is 11.8 Å². The molecule has 0 aromatic rings. The van der Waals surface area contributed by atoms with Crippen molar-refractivity contribution in [3.8, 4) is 0 Å². The van der Waals surface area contributed by atoms with Gasteiger partial charge in [-0.15, -0.1) is 11.8 Å². The molecule has 0 aromatic carbocycles. The van der Waals surface area contributed by atoms with Crippen molar-refractivity contribution in [1.29, 1.82) is 0 Å². The molecule has 3 nitrogen and oxygen atoms in total. The van der Waals surface area contributed by atoms with Crippen molar-refractivity contribution in [2.75, 3.05) is 32.7 Å². The lowest BCUT2D eigenvalue weighted by atomic mass is 10.2. The van der Waals surface area contributed by atoms with E-state index in [1.165, 1.54) is 0 Å². The van der Waals surface area contributed by atoms with Crippen LogP contribution in [0.2, 0.25) is 0 Å². The Labute approximate surface area is 91.1 Å². The molecule has 82 valence electrons. The average Bonchev–Trinajstić information content (AvgIpc) is 2.19. The smallest absolute Gasteiger partial charge is 0.0640 e. The maximum atomic E-state index is 5.69. The van der Waals surface area contributed by atoms with Crippen molar-refractivity contribution < 1.29 is 0 Å². The van der Waals surface area contributed by atoms with Crippen LogP contribution in [0.4, 0.5) is 0 Å². The molecular weight excluding hydrogens is 194 g/mol. The first kappa shape index (κ1) is 11.9. The van der Waals surface area contributed by atoms with E-state index in [0.717, 1.165) is 31.2 Å². The Morgan fingerprint density at radius 3 is 2.57 bits per heavy atom. The van der Waals surface area contributed by atoms with Gasteiger partial charge in [0.05, 0.1) is 5.03 Å². The standard InChI is InChI=1S/C10H21N3S/c1-9(14-10(2,3)8-11)13-6-4-12-5-7-13/h12H,1,4-8,11H2,2-3H3. The lowest BCUT2D eigenvalue weighted by molar-refractivity contribution is 0.317. The Hall–Kier alpha value is -0.190. The van der Waals surface area contributed by atoms with Crippen molar-refractivity contribution in [2.24, 2.45) is 5.73 Å². The van der Waals surface area contributed by atoms with Crippen molar-refractivity contribution in [3.05, 3.63) is 11.6 Å². The van der Waals surface area contributed by atoms with E-state index >= 15 is 0 Å². The predicted octanol–water partition coefficient (Wildman–Crippen LogP) is 0.833. The summed E-state index contributed by atoms with van der Waals surface area (Å²) in [6, 6.07) is 0. The van der Waals surface area contributed by atoms with Gasteiger partial charge in [0.25, 0.3) is 0 Å². The zero-order chi connectivity index (χ0) is 10.6. The summed E-state index contributed by atoms with van der Waals surface area (Å²) >= 11 is 1.79. The fourth-order valence-corrected chi connectivity index (χ4v) is 2.37. The van der Waals surface area contributed by atoms with Crippen LogP contribution in [-0.4, -0.2) is 42.4 Å². The van der Waals surface area contributed by atoms with Gasteiger partial charge in [0.1, 0.15) is 0 Å². The van der Waals surface area contributed by atoms with Crippen LogP contribution >= 0.6 is 11.8 Å². The first-order valence-corrected chi connectivity index (χ1v) is 5.90. The van der Waals surface area contributed by atoms with E-state index in [0.29, 0.717) is 6.54 Å². The van der Waals surface area contributed by atoms with Gasteiger partial charge in [0.15, 0.2) is 0 Å². The van der Waals surface area contributed by atoms with Crippen LogP contribution in [0.5, 0.6) is 0 Å². The quantitative estimate of drug-likeness (QED) is 0.729. The molecule has 1 aliphatic rings. The molecule has 0 aromatic heterocycles. The minimum Gasteiger partial charge on any atom is -0.364 e. The predicted molar refractivity (Wildman–Crippen MR) is 64.3 cm³/mol. The molecule has 14 heavy (non-hydrogen) atoms. The second-order valence-electron chi connectivity index (χ2n) is 4.20. The maximum Gasteiger partial charge on any atom is 0.0640 e. The number of piperazine rings is 1. The van der Waals surface area contributed by atoms with Crippen molar-refractivity contribution in [2.45, 2.75) is 18.6 Å². The van der Waals surface area contributed by atoms with Crippen LogP contribution in [0.3, 0.4) is 0 Å². The van der Waals surface area contributed by atoms with E-state index in [2.05, 4.69) is 30.6 Å². The summed E-state index contributed by atoms with van der Waals surface area (Å²) in [7, 11) is 0. The highest BCUT2D eigenvalue weighted by Gasteiger charge is 2.21. The van der Waals surface area contributed by atoms with Gasteiger partial charge in [-0.25, -0.2) is 0 Å². The third-order valence-electron chi connectivity index (χ3n) is 2.36. The number of thioether (sulfide) groups is 1. The van der Waals surface area contributed by atoms with Crippen molar-refractivity contribution in [1.82, 2.24) is 10.2 Å². The van der Waals surface area contributed by atoms with Gasteiger partial charge in [-0.1, -0.05) is 6.58 Å². The van der Waals surface area contributed by atoms with Crippen LogP contribution in [0, 0.1) is 0 Å². The summed E-state index contributed by atoms with van der Waals surface area (Å²) in [5, 5.41) is 4.48. The van der Waals surface area contributed by atoms with Gasteiger partial charge in [0, 0.05) is 37.5 Å². The molecule has 0 bridgehead atoms. The van der Waals surface area contributed by atoms with E-state index in [1.807, 2.05) is 0 Å². The van der Waals surface area contributed by atoms with Crippen LogP contribution in [-0.2, 0) is 0 Å². The van der Waals surface area contributed by atoms with Crippen LogP contribution < -0.4 is 11.1 Å². The van der Waals surface area contributed by atoms with E-state index in [9.17, 15) is 0 Å². The normalized spacial score (nSPS) is 18.4. The summed E-state index contributed by atoms with van der Waals surface area (Å²) in [6.07, 6.45) is 0. The third kappa shape index (κ3) is 3.52. The Morgan fingerprint density at radius 1 is 1.50 bits per heavy atom. The molecule has 0 amide bonds. The van der Waals surface area contributed by atoms with Crippen molar-refractivity contribution in [3.63, 3.8) is 0 Å². The number of hydrogen-bond donors (Lipinski definition) is 2. The molecule has 0 spiro atoms. The van der Waals surface area contributed by atoms with Crippen LogP contribution in [0.1, 0.15) is 13.8 Å². The molecule has 1 saturated heterocycles. The molecule has 0 aliphatic carbocycles. The van der Waals surface area contributed by atoms with Crippen LogP contribution in [0.15, 0.2) is 11.6 Å². The minimum atomic E-state index is 0.0992. The largest absolute Gasteiger partial charge is 0.364 e. The Balaban J connectivity index is 2.40. The second kappa shape index (κ2) is 5.05. The first-order chi connectivity index (χ1) is 6.55. The lowest BCUT2D eigenvalue weighted by Gasteiger charge is -2.34. The molecule has 1 heterocycles. The summed E-state index contributed by atoms with van der Waals surface area (Å²) in [4.78, 5) is 2.33. The lowest BCUT2D eigenvalue weighted by Crippen LogP contribution is -2.43. The van der Waals surface area contributed by atoms with E-state index < -0.39 is 0 Å². The maximum absolute atomic E-state index is 5.69. The van der Waals surface area contributed by atoms with Crippen LogP contribution in [0.25, 0.3) is 0 Å². The summed E-state index contributed by atoms with van der Waals surface area (Å²) in [6.45, 7) is 13.4. The monoisotopic (exact) mass is 215 g/mol. The number of hydrogen-bond acceptors (Lipinski definition) is 4. The molecule has 1 aliphatic heterocycles. The number of rotatable bonds is 4. The molecule has 0 atom stereocenters. The first-order valence-electron chi connectivity index (χ1n) is 5.09. The third-order valence-corrected chi connectivity index (χ3v) is 3.57. The molecular formula is C10H21N3S. The fraction of sp³-hybridized carbons (Fsp3) is 0.800. The Kier molecular flexibility index (Phi) is 4.29. The molecule has 1 rings (SSSR count). The molecule has 0 unspecified atom stereocenters. The van der Waals surface area contributed by atoms with Gasteiger partial charge in [-0.05, 0) is 13.8 Å². The minimum absolute atomic E-state index is 0.0992. The molecule has 0 saturated carbocycles. The highest BCUT2D eigenvalue weighted by molar-refractivity contribution is 8.04. The topological polar surface area (TPSA) is 41.3 Å². The Morgan fingerprint density at radius 2 is 2.07 bits per heavy atom. The van der Waals surface area contributed by atoms with Gasteiger partial charge in [-0.3, -0.25) is 0 Å². The van der Waals surface area contributed by atoms with Gasteiger partial charge in [-0.2, -0.15) is 0 Å². The molecule has 4 heteroatoms. The van der Waals surface area contributed by atoms with Gasteiger partial charge < -0.3 is 16.0 Å². The molecule has 1 fully saturated rings. The Bertz CT molecular complexity index is 198. The van der Waals surface area contributed by atoms with Gasteiger partial charge in [0.2, 0.25) is 0 Å². The SMILES string of the molecule is C=C(SC(C)(C)CN)N1CCNCC1. The van der Waals surface area contributed by atoms with Gasteiger partial charge >= 0.3 is 0 Å². The number of nitrogens with two attached hydrogens (primary N) is 1. The molecule has 3 N–H and O–H groups in total. The second-order valence-corrected chi connectivity index (χ2v) is 5.98. The molecule has 0 radical (unpaired) electrons.